The largest absolute Gasteiger partial charge is 0.436 e. The van der Waals surface area contributed by atoms with Crippen molar-refractivity contribution in [2.75, 3.05) is 6.54 Å². The Hall–Kier alpha value is -2.77. The molecule has 17 heteroatoms. The number of carbonyl (C=O) groups excluding carboxylic acids is 5. The maximum atomic E-state index is 13.0. The molecule has 0 aromatic carbocycles. The number of nitrogens with one attached hydrogen (secondary N) is 2. The Balaban J connectivity index is 0.00000578. The highest BCUT2D eigenvalue weighted by Crippen LogP contribution is 2.61. The highest BCUT2D eigenvalue weighted by molar-refractivity contribution is 5.88. The van der Waals surface area contributed by atoms with Crippen LogP contribution in [0.1, 0.15) is 146 Å². The molecule has 61 heavy (non-hydrogen) atoms. The quantitative estimate of drug-likeness (QED) is 0.120. The van der Waals surface area contributed by atoms with Crippen molar-refractivity contribution >= 4 is 29.5 Å². The zero-order valence-corrected chi connectivity index (χ0v) is 36.6. The Morgan fingerprint density at radius 3 is 1.98 bits per heavy atom. The lowest BCUT2D eigenvalue weighted by Gasteiger charge is -2.59. The minimum atomic E-state index is -0.939. The average molecular weight is 865 g/mol. The van der Waals surface area contributed by atoms with Gasteiger partial charge in [0, 0.05) is 57.8 Å². The molecule has 10 aliphatic rings. The van der Waals surface area contributed by atoms with E-state index in [9.17, 15) is 24.0 Å². The summed E-state index contributed by atoms with van der Waals surface area (Å²) in [5, 5.41) is 5.55. The van der Waals surface area contributed by atoms with E-state index in [1.165, 1.54) is 6.92 Å². The third kappa shape index (κ3) is 8.75. The van der Waals surface area contributed by atoms with Gasteiger partial charge in [-0.1, -0.05) is 20.8 Å². The second-order valence-corrected chi connectivity index (χ2v) is 19.6. The number of unbranched alkanes of at least 4 members (excludes halogenated alkanes) is 1. The van der Waals surface area contributed by atoms with E-state index in [2.05, 4.69) is 24.5 Å². The van der Waals surface area contributed by atoms with Gasteiger partial charge in [-0.2, -0.15) is 0 Å². The lowest BCUT2D eigenvalue weighted by atomic mass is 9.58. The number of fused-ring (bicyclic) bond motifs is 4. The van der Waals surface area contributed by atoms with E-state index in [1.807, 2.05) is 20.8 Å². The second kappa shape index (κ2) is 17.7. The Kier molecular flexibility index (Phi) is 13.0. The fourth-order valence-electron chi connectivity index (χ4n) is 11.9. The number of hydrogen-bond acceptors (Lipinski definition) is 15. The first-order valence-corrected chi connectivity index (χ1v) is 22.9. The predicted molar refractivity (Wildman–Crippen MR) is 211 cm³/mol. The van der Waals surface area contributed by atoms with Crippen LogP contribution in [0.4, 0.5) is 0 Å². The average Bonchev–Trinajstić information content (AvgIpc) is 3.59. The molecule has 8 heterocycles. The van der Waals surface area contributed by atoms with Gasteiger partial charge < -0.3 is 39.1 Å². The first-order valence-electron chi connectivity index (χ1n) is 22.9. The summed E-state index contributed by atoms with van der Waals surface area (Å²) >= 11 is 0. The number of hydrogen-bond donors (Lipinski definition) is 2. The zero-order chi connectivity index (χ0) is 43.3. The standard InChI is InChI=1S/C44H66N2O15.H2/c1-24-10-12-28-23-37(54-39-43(28)29(24)18-20-41(5,56-39)58-60-43)52-35(50)17-15-34(49)46-32(27(4)47)9-7-8-22-45-33(48)14-16-36(51)53-38-26(3)31-13-11-25(2)30-19-21-42(6)57-40(55-38)44(30,31)61-59-42;/h24-26,28-32,37-40H,7-23H2,1-6H3,(H,45,48)(H,46,49);1H/t24-,25-,26-,28+,29+,30+,31+,32?,37-,38-,39-,40-,41-,42-,43+,44-;/m1./s1. The van der Waals surface area contributed by atoms with Crippen LogP contribution in [0.5, 0.6) is 0 Å². The minimum Gasteiger partial charge on any atom is -0.436 e. The molecule has 1 unspecified atom stereocenters. The number of ether oxygens (including phenoxy) is 6. The maximum absolute atomic E-state index is 13.0. The summed E-state index contributed by atoms with van der Waals surface area (Å²) in [5.41, 5.74) is -1.50. The molecule has 4 bridgehead atoms. The van der Waals surface area contributed by atoms with Crippen molar-refractivity contribution in [1.29, 1.82) is 0 Å². The number of esters is 2. The van der Waals surface area contributed by atoms with Crippen LogP contribution >= 0.6 is 0 Å². The molecular weight excluding hydrogens is 796 g/mol. The summed E-state index contributed by atoms with van der Waals surface area (Å²) in [4.78, 5) is 87.6. The molecule has 2 N–H and O–H groups in total. The first-order chi connectivity index (χ1) is 29.0. The van der Waals surface area contributed by atoms with Crippen LogP contribution in [0, 0.1) is 41.4 Å². The molecule has 10 fully saturated rings. The van der Waals surface area contributed by atoms with Crippen molar-refractivity contribution in [2.24, 2.45) is 41.4 Å². The van der Waals surface area contributed by atoms with Crippen LogP contribution in [-0.2, 0) is 71.9 Å². The Bertz CT molecular complexity index is 1690. The molecule has 2 aliphatic carbocycles. The van der Waals surface area contributed by atoms with Gasteiger partial charge in [-0.15, -0.1) is 0 Å². The number of ketones is 1. The van der Waals surface area contributed by atoms with Crippen molar-refractivity contribution in [2.45, 2.75) is 198 Å². The van der Waals surface area contributed by atoms with E-state index in [4.69, 9.17) is 48.0 Å². The maximum Gasteiger partial charge on any atom is 0.308 e. The number of Topliss-reactive ketones (excluding diaryl/α,β-unsaturated/α-hetero) is 1. The monoisotopic (exact) mass is 864 g/mol. The van der Waals surface area contributed by atoms with Crippen molar-refractivity contribution in [3.63, 3.8) is 0 Å². The number of rotatable bonds is 15. The van der Waals surface area contributed by atoms with E-state index >= 15 is 0 Å². The van der Waals surface area contributed by atoms with Gasteiger partial charge in [0.2, 0.25) is 36.0 Å². The molecule has 8 aliphatic heterocycles. The molecule has 0 aromatic rings. The number of amides is 2. The van der Waals surface area contributed by atoms with Crippen LogP contribution in [0.2, 0.25) is 0 Å². The van der Waals surface area contributed by atoms with E-state index < -0.39 is 71.8 Å². The highest BCUT2D eigenvalue weighted by atomic mass is 17.3. The van der Waals surface area contributed by atoms with E-state index in [0.29, 0.717) is 56.9 Å². The molecule has 0 aromatic heterocycles. The Morgan fingerprint density at radius 2 is 1.30 bits per heavy atom. The normalized spacial score (nSPS) is 43.7. The van der Waals surface area contributed by atoms with Gasteiger partial charge >= 0.3 is 11.9 Å². The van der Waals surface area contributed by atoms with E-state index in [0.717, 1.165) is 38.5 Å². The molecule has 2 saturated carbocycles. The van der Waals surface area contributed by atoms with Gasteiger partial charge in [-0.3, -0.25) is 24.0 Å². The van der Waals surface area contributed by atoms with Gasteiger partial charge in [0.1, 0.15) is 0 Å². The Morgan fingerprint density at radius 1 is 0.689 bits per heavy atom. The van der Waals surface area contributed by atoms with Gasteiger partial charge in [0.25, 0.3) is 0 Å². The molecule has 0 radical (unpaired) electrons. The molecule has 16 atom stereocenters. The fourth-order valence-corrected chi connectivity index (χ4v) is 11.9. The van der Waals surface area contributed by atoms with Gasteiger partial charge in [-0.05, 0) is 102 Å². The van der Waals surface area contributed by atoms with Crippen molar-refractivity contribution < 1.29 is 73.4 Å². The minimum absolute atomic E-state index is 0. The van der Waals surface area contributed by atoms with Crippen LogP contribution in [0.25, 0.3) is 0 Å². The van der Waals surface area contributed by atoms with Gasteiger partial charge in [-0.25, -0.2) is 19.6 Å². The van der Waals surface area contributed by atoms with Crippen molar-refractivity contribution in [1.82, 2.24) is 10.6 Å². The highest BCUT2D eigenvalue weighted by Gasteiger charge is 2.70. The first kappa shape index (κ1) is 44.8. The molecule has 17 nitrogen and oxygen atoms in total. The van der Waals surface area contributed by atoms with Crippen LogP contribution < -0.4 is 10.6 Å². The second-order valence-electron chi connectivity index (χ2n) is 19.6. The summed E-state index contributed by atoms with van der Waals surface area (Å²) in [6.07, 6.45) is 5.21. The number of carbonyl (C=O) groups is 5. The molecular formula is C44H68N2O15. The summed E-state index contributed by atoms with van der Waals surface area (Å²) in [6.45, 7) is 11.9. The lowest BCUT2D eigenvalue weighted by molar-refractivity contribution is -0.576. The molecule has 8 saturated heterocycles. The molecule has 2 amide bonds. The third-order valence-corrected chi connectivity index (χ3v) is 15.4. The van der Waals surface area contributed by atoms with E-state index in [-0.39, 0.29) is 68.4 Å². The third-order valence-electron chi connectivity index (χ3n) is 15.4. The van der Waals surface area contributed by atoms with Gasteiger partial charge in [0.05, 0.1) is 18.9 Å². The summed E-state index contributed by atoms with van der Waals surface area (Å²) in [7, 11) is 0. The summed E-state index contributed by atoms with van der Waals surface area (Å²) in [5.74, 6) is -2.84. The van der Waals surface area contributed by atoms with E-state index in [1.54, 1.807) is 0 Å². The predicted octanol–water partition coefficient (Wildman–Crippen LogP) is 5.41. The SMILES string of the molecule is CC(=O)C(CCCCNC(=O)CCC(=O)O[C@@H]1O[C@@H]2O[C@@]3(C)CC[C@H]4[C@H](C)CC[C@@H]([C@H]1C)[C@@]24OO3)NC(=O)CCC(=O)O[C@H]1C[C@@H]2CC[C@@H](C)[C@@H]3CC[C@@]4(C)OO[C@@]23[C@H](O1)O4.[HH]. The zero-order valence-electron chi connectivity index (χ0n) is 36.6. The lowest BCUT2D eigenvalue weighted by Crippen LogP contribution is -2.70. The van der Waals surface area contributed by atoms with Crippen molar-refractivity contribution in [3.05, 3.63) is 0 Å². The summed E-state index contributed by atoms with van der Waals surface area (Å²) in [6, 6.07) is -0.734. The molecule has 344 valence electrons. The van der Waals surface area contributed by atoms with Gasteiger partial charge in [0.15, 0.2) is 29.6 Å². The molecule has 2 spiro atoms. The van der Waals surface area contributed by atoms with Crippen LogP contribution in [-0.4, -0.2) is 90.1 Å². The Labute approximate surface area is 359 Å². The smallest absolute Gasteiger partial charge is 0.308 e. The van der Waals surface area contributed by atoms with Crippen molar-refractivity contribution in [3.8, 4) is 0 Å². The topological polar surface area (TPSA) is 202 Å². The van der Waals surface area contributed by atoms with Crippen LogP contribution in [0.3, 0.4) is 0 Å². The summed E-state index contributed by atoms with van der Waals surface area (Å²) < 4.78 is 36.7. The fraction of sp³-hybridized carbons (Fsp3) is 0.886. The van der Waals surface area contributed by atoms with Crippen LogP contribution in [0.15, 0.2) is 0 Å². The molecule has 10 rings (SSSR count).